The van der Waals surface area contributed by atoms with Gasteiger partial charge in [-0.25, -0.2) is 4.79 Å². The molecule has 0 amide bonds. The summed E-state index contributed by atoms with van der Waals surface area (Å²) in [5.41, 5.74) is 10.7. The van der Waals surface area contributed by atoms with Crippen molar-refractivity contribution in [2.75, 3.05) is 18.6 Å². The molecule has 2 rings (SSSR count). The SMILES string of the molecule is COc1ccc(C(=O)O)cc1N.Nc1cc(S(=O)(=O)O)ccc1S(=O)(=O)O.[NaH]. The molecule has 0 unspecified atom stereocenters. The molecule has 0 spiro atoms. The molecule has 0 aliphatic heterocycles. The number of nitrogens with two attached hydrogens (primary N) is 2. The van der Waals surface area contributed by atoms with Gasteiger partial charge in [-0.2, -0.15) is 16.8 Å². The number of rotatable bonds is 4. The van der Waals surface area contributed by atoms with Crippen molar-refractivity contribution in [3.63, 3.8) is 0 Å². The molecule has 0 aliphatic rings. The number of carbonyl (C=O) groups is 1. The Morgan fingerprint density at radius 3 is 1.86 bits per heavy atom. The maximum atomic E-state index is 10.7. The second-order valence-electron chi connectivity index (χ2n) is 4.91. The molecule has 0 saturated heterocycles. The van der Waals surface area contributed by atoms with E-state index in [1.54, 1.807) is 0 Å². The maximum absolute atomic E-state index is 10.7. The van der Waals surface area contributed by atoms with Gasteiger partial charge in [-0.15, -0.1) is 0 Å². The summed E-state index contributed by atoms with van der Waals surface area (Å²) < 4.78 is 64.7. The van der Waals surface area contributed by atoms with Crippen LogP contribution in [-0.2, 0) is 20.2 Å². The zero-order valence-electron chi connectivity index (χ0n) is 13.7. The number of nitrogen functional groups attached to an aromatic ring is 2. The molecule has 0 heterocycles. The van der Waals surface area contributed by atoms with Crippen LogP contribution in [0.3, 0.4) is 0 Å². The quantitative estimate of drug-likeness (QED) is 0.242. The number of anilines is 2. The molecule has 28 heavy (non-hydrogen) atoms. The van der Waals surface area contributed by atoms with Crippen molar-refractivity contribution in [3.05, 3.63) is 42.0 Å². The van der Waals surface area contributed by atoms with E-state index in [4.69, 9.17) is 30.4 Å². The molecule has 0 aliphatic carbocycles. The number of carboxylic acid groups (broad SMARTS) is 1. The normalized spacial score (nSPS) is 10.8. The molecular weight excluding hydrogens is 427 g/mol. The Hall–Kier alpha value is -1.87. The minimum absolute atomic E-state index is 0. The van der Waals surface area contributed by atoms with Crippen molar-refractivity contribution in [3.8, 4) is 5.75 Å². The van der Waals surface area contributed by atoms with E-state index in [0.717, 1.165) is 18.2 Å². The van der Waals surface area contributed by atoms with Crippen LogP contribution in [0.4, 0.5) is 11.4 Å². The van der Waals surface area contributed by atoms with Crippen LogP contribution in [0.2, 0.25) is 0 Å². The predicted octanol–water partition coefficient (Wildman–Crippen LogP) is 0.0893. The molecule has 0 atom stereocenters. The van der Waals surface area contributed by atoms with Crippen molar-refractivity contribution in [1.82, 2.24) is 0 Å². The molecule has 0 saturated carbocycles. The third kappa shape index (κ3) is 7.27. The number of methoxy groups -OCH3 is 1. The Morgan fingerprint density at radius 1 is 0.929 bits per heavy atom. The van der Waals surface area contributed by atoms with Gasteiger partial charge in [-0.1, -0.05) is 0 Å². The van der Waals surface area contributed by atoms with Crippen LogP contribution < -0.4 is 16.2 Å². The van der Waals surface area contributed by atoms with Gasteiger partial charge >= 0.3 is 35.5 Å². The number of hydrogen-bond donors (Lipinski definition) is 5. The summed E-state index contributed by atoms with van der Waals surface area (Å²) in [5, 5.41) is 8.58. The van der Waals surface area contributed by atoms with Crippen LogP contribution >= 0.6 is 0 Å². The topological polar surface area (TPSA) is 207 Å². The standard InChI is InChI=1S/C8H9NO3.C6H7NO6S2.Na.H/c1-12-7-3-2-5(8(10)11)4-6(7)9;7-5-3-4(14(8,9)10)1-2-6(5)15(11,12)13;;/h2-4H,9H2,1H3,(H,10,11);1-3H,7H2,(H,8,9,10)(H,11,12,13);;. The van der Waals surface area contributed by atoms with Gasteiger partial charge in [0.2, 0.25) is 0 Å². The number of aromatic carboxylic acids is 1. The van der Waals surface area contributed by atoms with Crippen LogP contribution in [0.25, 0.3) is 0 Å². The molecule has 11 nitrogen and oxygen atoms in total. The molecule has 0 aromatic heterocycles. The van der Waals surface area contributed by atoms with Crippen molar-refractivity contribution < 1.29 is 40.6 Å². The van der Waals surface area contributed by atoms with E-state index in [0.29, 0.717) is 11.4 Å². The van der Waals surface area contributed by atoms with E-state index in [9.17, 15) is 21.6 Å². The third-order valence-electron chi connectivity index (χ3n) is 3.03. The van der Waals surface area contributed by atoms with E-state index < -0.39 is 41.7 Å². The van der Waals surface area contributed by atoms with Crippen LogP contribution in [-0.4, -0.2) is 73.7 Å². The average molecular weight is 444 g/mol. The summed E-state index contributed by atoms with van der Waals surface area (Å²) in [6.45, 7) is 0. The van der Waals surface area contributed by atoms with Crippen LogP contribution in [0.15, 0.2) is 46.2 Å². The fourth-order valence-electron chi connectivity index (χ4n) is 1.79. The summed E-state index contributed by atoms with van der Waals surface area (Å²) in [4.78, 5) is 9.29. The zero-order valence-corrected chi connectivity index (χ0v) is 15.4. The molecule has 0 fully saturated rings. The van der Waals surface area contributed by atoms with Gasteiger partial charge in [0.05, 0.1) is 28.9 Å². The Labute approximate surface area is 183 Å². The Morgan fingerprint density at radius 2 is 1.50 bits per heavy atom. The van der Waals surface area contributed by atoms with Gasteiger partial charge in [-0.3, -0.25) is 9.11 Å². The predicted molar refractivity (Wildman–Crippen MR) is 102 cm³/mol. The van der Waals surface area contributed by atoms with Crippen molar-refractivity contribution >= 4 is 67.1 Å². The number of benzene rings is 2. The molecule has 2 aromatic rings. The first-order chi connectivity index (χ1) is 12.3. The monoisotopic (exact) mass is 444 g/mol. The van der Waals surface area contributed by atoms with E-state index in [1.165, 1.54) is 25.3 Å². The van der Waals surface area contributed by atoms with Gasteiger partial charge in [0, 0.05) is 0 Å². The third-order valence-corrected chi connectivity index (χ3v) is 4.81. The molecule has 0 radical (unpaired) electrons. The summed E-state index contributed by atoms with van der Waals surface area (Å²) in [7, 11) is -7.46. The molecule has 2 aromatic carbocycles. The Balaban J connectivity index is 0.000000514. The Bertz CT molecular complexity index is 1070. The fraction of sp³-hybridized carbons (Fsp3) is 0.0714. The first kappa shape index (κ1) is 26.1. The van der Waals surface area contributed by atoms with E-state index in [-0.39, 0.29) is 35.1 Å². The summed E-state index contributed by atoms with van der Waals surface area (Å²) >= 11 is 0. The van der Waals surface area contributed by atoms with Gasteiger partial charge < -0.3 is 21.3 Å². The van der Waals surface area contributed by atoms with Gasteiger partial charge in [0.25, 0.3) is 20.2 Å². The first-order valence-electron chi connectivity index (χ1n) is 6.78. The van der Waals surface area contributed by atoms with Crippen molar-refractivity contribution in [2.45, 2.75) is 9.79 Å². The molecule has 0 bridgehead atoms. The second kappa shape index (κ2) is 10.1. The molecule has 150 valence electrons. The molecular formula is C14H17N2NaO9S2. The van der Waals surface area contributed by atoms with Crippen molar-refractivity contribution in [1.29, 1.82) is 0 Å². The summed E-state index contributed by atoms with van der Waals surface area (Å²) in [6, 6.07) is 6.67. The fourth-order valence-corrected chi connectivity index (χ4v) is 2.90. The summed E-state index contributed by atoms with van der Waals surface area (Å²) in [6.07, 6.45) is 0. The van der Waals surface area contributed by atoms with Crippen LogP contribution in [0.1, 0.15) is 10.4 Å². The number of ether oxygens (including phenoxy) is 1. The number of hydrogen-bond acceptors (Lipinski definition) is 8. The van der Waals surface area contributed by atoms with Crippen LogP contribution in [0.5, 0.6) is 5.75 Å². The minimum atomic E-state index is -4.50. The van der Waals surface area contributed by atoms with E-state index in [1.807, 2.05) is 0 Å². The van der Waals surface area contributed by atoms with Gasteiger partial charge in [0.15, 0.2) is 0 Å². The van der Waals surface area contributed by atoms with E-state index >= 15 is 0 Å². The zero-order chi connectivity index (χ0) is 21.0. The first-order valence-corrected chi connectivity index (χ1v) is 9.66. The number of carboxylic acids is 1. The van der Waals surface area contributed by atoms with E-state index in [2.05, 4.69) is 0 Å². The summed E-state index contributed by atoms with van der Waals surface area (Å²) in [5.74, 6) is -0.510. The van der Waals surface area contributed by atoms with Crippen LogP contribution in [0, 0.1) is 0 Å². The van der Waals surface area contributed by atoms with Gasteiger partial charge in [0.1, 0.15) is 10.6 Å². The molecule has 7 N–H and O–H groups in total. The average Bonchev–Trinajstić information content (AvgIpc) is 2.53. The molecule has 14 heteroatoms. The second-order valence-corrected chi connectivity index (χ2v) is 7.72. The Kier molecular flexibility index (Phi) is 9.39. The van der Waals surface area contributed by atoms with Crippen molar-refractivity contribution in [2.24, 2.45) is 0 Å². The van der Waals surface area contributed by atoms with Gasteiger partial charge in [-0.05, 0) is 36.4 Å².